The fourth-order valence-corrected chi connectivity index (χ4v) is 7.71. The molecule has 1 aliphatic heterocycles. The molecule has 2 aromatic rings. The standard InChI is InChI=1S/C36H49FN4O3/c1-35(2,3)40-34(44)36(26-10-5-4-6-11-26)19-21-41(22-20-36)33(43)30(23-24-13-16-27(37)17-14-24)39-32(42)29-18-15-25-9-7-8-12-28(25)31(29)38/h7-9,12-14,16-17,26,29-31H,4-6,10-11,15,18-23,38H2,1-3H3,(H,39,42)(H,40,44)/t29-,30-,31+/m1/s1. The molecule has 4 N–H and O–H groups in total. The fourth-order valence-electron chi connectivity index (χ4n) is 7.71. The van der Waals surface area contributed by atoms with E-state index in [1.807, 2.05) is 43.9 Å². The van der Waals surface area contributed by atoms with E-state index in [-0.39, 0.29) is 35.5 Å². The van der Waals surface area contributed by atoms with Gasteiger partial charge >= 0.3 is 0 Å². The first-order valence-electron chi connectivity index (χ1n) is 16.5. The van der Waals surface area contributed by atoms with Crippen molar-refractivity contribution in [1.82, 2.24) is 15.5 Å². The van der Waals surface area contributed by atoms with Gasteiger partial charge in [0.2, 0.25) is 17.7 Å². The van der Waals surface area contributed by atoms with Gasteiger partial charge in [0.1, 0.15) is 11.9 Å². The monoisotopic (exact) mass is 604 g/mol. The molecule has 0 radical (unpaired) electrons. The van der Waals surface area contributed by atoms with Crippen molar-refractivity contribution in [1.29, 1.82) is 0 Å². The highest BCUT2D eigenvalue weighted by atomic mass is 19.1. The Morgan fingerprint density at radius 3 is 2.30 bits per heavy atom. The molecule has 0 bridgehead atoms. The minimum atomic E-state index is -0.817. The number of hydrogen-bond acceptors (Lipinski definition) is 4. The van der Waals surface area contributed by atoms with Crippen LogP contribution in [0.15, 0.2) is 48.5 Å². The predicted molar refractivity (Wildman–Crippen MR) is 170 cm³/mol. The number of nitrogens with two attached hydrogens (primary N) is 1. The number of nitrogens with zero attached hydrogens (tertiary/aromatic N) is 1. The molecule has 3 amide bonds. The van der Waals surface area contributed by atoms with Crippen LogP contribution in [0.5, 0.6) is 0 Å². The Bertz CT molecular complexity index is 1320. The average molecular weight is 605 g/mol. The lowest BCUT2D eigenvalue weighted by Gasteiger charge is -2.48. The SMILES string of the molecule is CC(C)(C)NC(=O)C1(C2CCCCC2)CCN(C(=O)[C@@H](Cc2ccc(F)cc2)NC(=O)[C@@H]2CCc3ccccc3[C@@H]2N)CC1. The number of piperidine rings is 1. The van der Waals surface area contributed by atoms with Gasteiger partial charge in [-0.05, 0) is 94.0 Å². The fraction of sp³-hybridized carbons (Fsp3) is 0.583. The number of hydrogen-bond donors (Lipinski definition) is 3. The Morgan fingerprint density at radius 1 is 0.977 bits per heavy atom. The smallest absolute Gasteiger partial charge is 0.245 e. The number of likely N-dealkylation sites (tertiary alicyclic amines) is 1. The van der Waals surface area contributed by atoms with E-state index >= 15 is 0 Å². The maximum atomic E-state index is 14.2. The summed E-state index contributed by atoms with van der Waals surface area (Å²) in [6.07, 6.45) is 8.38. The summed E-state index contributed by atoms with van der Waals surface area (Å²) in [6, 6.07) is 12.7. The molecule has 238 valence electrons. The van der Waals surface area contributed by atoms with Crippen molar-refractivity contribution in [2.75, 3.05) is 13.1 Å². The predicted octanol–water partition coefficient (Wildman–Crippen LogP) is 5.22. The van der Waals surface area contributed by atoms with Gasteiger partial charge in [0.25, 0.3) is 0 Å². The summed E-state index contributed by atoms with van der Waals surface area (Å²) in [7, 11) is 0. The first-order chi connectivity index (χ1) is 21.0. The number of rotatable bonds is 7. The number of benzene rings is 2. The van der Waals surface area contributed by atoms with E-state index in [1.54, 1.807) is 12.1 Å². The highest BCUT2D eigenvalue weighted by Crippen LogP contribution is 2.46. The molecule has 5 rings (SSSR count). The third kappa shape index (κ3) is 7.17. The number of carbonyl (C=O) groups excluding carboxylic acids is 3. The van der Waals surface area contributed by atoms with Gasteiger partial charge in [0.15, 0.2) is 0 Å². The van der Waals surface area contributed by atoms with E-state index in [0.717, 1.165) is 48.8 Å². The van der Waals surface area contributed by atoms with Gasteiger partial charge in [-0.2, -0.15) is 0 Å². The summed E-state index contributed by atoms with van der Waals surface area (Å²) < 4.78 is 13.7. The molecule has 3 aliphatic rings. The van der Waals surface area contributed by atoms with Gasteiger partial charge in [-0.1, -0.05) is 55.7 Å². The van der Waals surface area contributed by atoms with E-state index in [4.69, 9.17) is 5.73 Å². The molecule has 0 unspecified atom stereocenters. The topological polar surface area (TPSA) is 105 Å². The molecule has 0 aromatic heterocycles. The Morgan fingerprint density at radius 2 is 1.64 bits per heavy atom. The van der Waals surface area contributed by atoms with Crippen LogP contribution in [0.4, 0.5) is 4.39 Å². The van der Waals surface area contributed by atoms with E-state index in [2.05, 4.69) is 16.7 Å². The molecule has 1 heterocycles. The van der Waals surface area contributed by atoms with Crippen LogP contribution in [0, 0.1) is 23.1 Å². The highest BCUT2D eigenvalue weighted by molar-refractivity contribution is 5.90. The van der Waals surface area contributed by atoms with Crippen molar-refractivity contribution >= 4 is 17.7 Å². The van der Waals surface area contributed by atoms with Crippen molar-refractivity contribution in [2.45, 2.75) is 103 Å². The molecular weight excluding hydrogens is 555 g/mol. The number of carbonyl (C=O) groups is 3. The van der Waals surface area contributed by atoms with Gasteiger partial charge < -0.3 is 21.3 Å². The van der Waals surface area contributed by atoms with Crippen molar-refractivity contribution in [3.8, 4) is 0 Å². The molecule has 8 heteroatoms. The van der Waals surface area contributed by atoms with Gasteiger partial charge in [-0.15, -0.1) is 0 Å². The third-order valence-corrected chi connectivity index (χ3v) is 10.2. The molecule has 2 aliphatic carbocycles. The summed E-state index contributed by atoms with van der Waals surface area (Å²) in [4.78, 5) is 43.5. The summed E-state index contributed by atoms with van der Waals surface area (Å²) in [6.45, 7) is 6.95. The van der Waals surface area contributed by atoms with E-state index in [9.17, 15) is 18.8 Å². The number of nitrogens with one attached hydrogen (secondary N) is 2. The molecule has 3 atom stereocenters. The number of fused-ring (bicyclic) bond motifs is 1. The van der Waals surface area contributed by atoms with Crippen LogP contribution in [0.1, 0.15) is 94.9 Å². The summed E-state index contributed by atoms with van der Waals surface area (Å²) >= 11 is 0. The lowest BCUT2D eigenvalue weighted by atomic mass is 9.63. The maximum Gasteiger partial charge on any atom is 0.245 e. The van der Waals surface area contributed by atoms with E-state index < -0.39 is 23.4 Å². The van der Waals surface area contributed by atoms with Crippen LogP contribution in [0.2, 0.25) is 0 Å². The third-order valence-electron chi connectivity index (χ3n) is 10.2. The zero-order chi connectivity index (χ0) is 31.5. The Labute approximate surface area is 261 Å². The molecule has 2 fully saturated rings. The number of halogens is 1. The normalized spacial score (nSPS) is 22.9. The van der Waals surface area contributed by atoms with Gasteiger partial charge in [0.05, 0.1) is 11.3 Å². The van der Waals surface area contributed by atoms with Crippen molar-refractivity contribution in [3.63, 3.8) is 0 Å². The molecule has 44 heavy (non-hydrogen) atoms. The first-order valence-corrected chi connectivity index (χ1v) is 16.5. The Kier molecular flexibility index (Phi) is 9.78. The highest BCUT2D eigenvalue weighted by Gasteiger charge is 2.49. The quantitative estimate of drug-likeness (QED) is 0.403. The largest absolute Gasteiger partial charge is 0.351 e. The van der Waals surface area contributed by atoms with E-state index in [1.165, 1.54) is 18.6 Å². The lowest BCUT2D eigenvalue weighted by molar-refractivity contribution is -0.147. The molecule has 1 saturated heterocycles. The zero-order valence-electron chi connectivity index (χ0n) is 26.5. The van der Waals surface area contributed by atoms with Crippen LogP contribution in [-0.4, -0.2) is 47.3 Å². The Balaban J connectivity index is 1.33. The second kappa shape index (κ2) is 13.4. The maximum absolute atomic E-state index is 14.2. The average Bonchev–Trinajstić information content (AvgIpc) is 3.01. The minimum absolute atomic E-state index is 0.103. The summed E-state index contributed by atoms with van der Waals surface area (Å²) in [5.41, 5.74) is 8.66. The molecule has 7 nitrogen and oxygen atoms in total. The van der Waals surface area contributed by atoms with Crippen LogP contribution in [0.25, 0.3) is 0 Å². The second-order valence-electron chi connectivity index (χ2n) is 14.3. The number of aryl methyl sites for hydroxylation is 1. The summed E-state index contributed by atoms with van der Waals surface area (Å²) in [5.74, 6) is -0.787. The number of amides is 3. The first kappa shape index (κ1) is 32.1. The lowest BCUT2D eigenvalue weighted by Crippen LogP contribution is -2.59. The zero-order valence-corrected chi connectivity index (χ0v) is 26.5. The summed E-state index contributed by atoms with van der Waals surface area (Å²) in [5, 5.41) is 6.33. The van der Waals surface area contributed by atoms with Crippen molar-refractivity contribution in [3.05, 3.63) is 71.0 Å². The van der Waals surface area contributed by atoms with Crippen molar-refractivity contribution < 1.29 is 18.8 Å². The molecular formula is C36H49FN4O3. The van der Waals surface area contributed by atoms with Crippen LogP contribution in [-0.2, 0) is 27.2 Å². The molecule has 2 aromatic carbocycles. The van der Waals surface area contributed by atoms with E-state index in [0.29, 0.717) is 38.3 Å². The molecule has 0 spiro atoms. The van der Waals surface area contributed by atoms with Crippen molar-refractivity contribution in [2.24, 2.45) is 23.0 Å². The van der Waals surface area contributed by atoms with Crippen LogP contribution >= 0.6 is 0 Å². The minimum Gasteiger partial charge on any atom is -0.351 e. The van der Waals surface area contributed by atoms with Gasteiger partial charge in [-0.3, -0.25) is 14.4 Å². The van der Waals surface area contributed by atoms with Gasteiger partial charge in [-0.25, -0.2) is 4.39 Å². The van der Waals surface area contributed by atoms with Crippen LogP contribution < -0.4 is 16.4 Å². The Hall–Kier alpha value is -3.26. The van der Waals surface area contributed by atoms with Gasteiger partial charge in [0, 0.05) is 31.1 Å². The van der Waals surface area contributed by atoms with Crippen LogP contribution in [0.3, 0.4) is 0 Å². The second-order valence-corrected chi connectivity index (χ2v) is 14.3. The molecule has 1 saturated carbocycles.